The van der Waals surface area contributed by atoms with Gasteiger partial charge in [0.1, 0.15) is 22.4 Å². The third-order valence-corrected chi connectivity index (χ3v) is 3.58. The van der Waals surface area contributed by atoms with Crippen LogP contribution in [-0.4, -0.2) is 26.5 Å². The zero-order valence-electron chi connectivity index (χ0n) is 11.8. The molecule has 0 bridgehead atoms. The van der Waals surface area contributed by atoms with Crippen molar-refractivity contribution in [1.29, 1.82) is 0 Å². The minimum atomic E-state index is 0.458. The zero-order valence-corrected chi connectivity index (χ0v) is 12.6. The maximum atomic E-state index is 5.73. The Morgan fingerprint density at radius 2 is 2.10 bits per heavy atom. The summed E-state index contributed by atoms with van der Waals surface area (Å²) in [6.07, 6.45) is 0. The van der Waals surface area contributed by atoms with E-state index in [1.807, 2.05) is 32.0 Å². The molecule has 0 aliphatic rings. The van der Waals surface area contributed by atoms with Crippen LogP contribution in [0.5, 0.6) is 5.75 Å². The van der Waals surface area contributed by atoms with Gasteiger partial charge in [0.05, 0.1) is 17.6 Å². The number of hydrogen-bond donors (Lipinski definition) is 2. The van der Waals surface area contributed by atoms with Crippen molar-refractivity contribution in [2.24, 2.45) is 0 Å². The average molecular weight is 301 g/mol. The summed E-state index contributed by atoms with van der Waals surface area (Å²) in [5.74, 6) is 1.93. The highest BCUT2D eigenvalue weighted by Crippen LogP contribution is 2.28. The standard InChI is InChI=1S/C14H15N5OS/c1-3-20-9-4-5-10-11(6-9)19-14(18-10)21-13-7-12(15)16-8(2)17-13/h4-7H,3H2,1-2H3,(H,18,19)(H2,15,16,17). The molecular weight excluding hydrogens is 286 g/mol. The van der Waals surface area contributed by atoms with Gasteiger partial charge < -0.3 is 15.5 Å². The maximum Gasteiger partial charge on any atom is 0.172 e. The van der Waals surface area contributed by atoms with Crippen molar-refractivity contribution in [3.8, 4) is 5.75 Å². The molecule has 0 radical (unpaired) electrons. The normalized spacial score (nSPS) is 11.0. The molecule has 0 atom stereocenters. The number of fused-ring (bicyclic) bond motifs is 1. The van der Waals surface area contributed by atoms with Crippen molar-refractivity contribution in [1.82, 2.24) is 19.9 Å². The molecule has 7 heteroatoms. The predicted molar refractivity (Wildman–Crippen MR) is 82.6 cm³/mol. The van der Waals surface area contributed by atoms with Crippen molar-refractivity contribution < 1.29 is 4.74 Å². The monoisotopic (exact) mass is 301 g/mol. The number of nitrogen functional groups attached to an aromatic ring is 1. The second kappa shape index (κ2) is 5.61. The van der Waals surface area contributed by atoms with Crippen LogP contribution in [0.4, 0.5) is 5.82 Å². The van der Waals surface area contributed by atoms with Crippen molar-refractivity contribution in [2.75, 3.05) is 12.3 Å². The van der Waals surface area contributed by atoms with Gasteiger partial charge in [-0.2, -0.15) is 0 Å². The smallest absolute Gasteiger partial charge is 0.172 e. The van der Waals surface area contributed by atoms with Crippen LogP contribution < -0.4 is 10.5 Å². The summed E-state index contributed by atoms with van der Waals surface area (Å²) in [4.78, 5) is 16.2. The number of rotatable bonds is 4. The highest BCUT2D eigenvalue weighted by Gasteiger charge is 2.08. The summed E-state index contributed by atoms with van der Waals surface area (Å²) in [7, 11) is 0. The van der Waals surface area contributed by atoms with Crippen LogP contribution >= 0.6 is 11.8 Å². The van der Waals surface area contributed by atoms with E-state index in [2.05, 4.69) is 19.9 Å². The minimum Gasteiger partial charge on any atom is -0.494 e. The van der Waals surface area contributed by atoms with Gasteiger partial charge >= 0.3 is 0 Å². The van der Waals surface area contributed by atoms with Gasteiger partial charge in [0.2, 0.25) is 0 Å². The fraction of sp³-hybridized carbons (Fsp3) is 0.214. The van der Waals surface area contributed by atoms with Gasteiger partial charge in [0.15, 0.2) is 5.16 Å². The summed E-state index contributed by atoms with van der Waals surface area (Å²) in [5, 5.41) is 1.53. The molecule has 0 saturated carbocycles. The van der Waals surface area contributed by atoms with Crippen molar-refractivity contribution in [3.63, 3.8) is 0 Å². The molecule has 0 unspecified atom stereocenters. The van der Waals surface area contributed by atoms with Gasteiger partial charge in [-0.25, -0.2) is 15.0 Å². The summed E-state index contributed by atoms with van der Waals surface area (Å²) in [6.45, 7) is 4.41. The SMILES string of the molecule is CCOc1ccc2nc(Sc3cc(N)nc(C)n3)[nH]c2c1. The van der Waals surface area contributed by atoms with Gasteiger partial charge in [-0.1, -0.05) is 0 Å². The third-order valence-electron chi connectivity index (χ3n) is 2.78. The van der Waals surface area contributed by atoms with Gasteiger partial charge in [0, 0.05) is 12.1 Å². The second-order valence-corrected chi connectivity index (χ2v) is 5.44. The molecule has 1 aromatic carbocycles. The first-order chi connectivity index (χ1) is 10.1. The fourth-order valence-electron chi connectivity index (χ4n) is 1.98. The first kappa shape index (κ1) is 13.7. The number of benzene rings is 1. The number of nitrogens with zero attached hydrogens (tertiary/aromatic N) is 3. The van der Waals surface area contributed by atoms with E-state index >= 15 is 0 Å². The number of aromatic amines is 1. The van der Waals surface area contributed by atoms with Crippen molar-refractivity contribution in [3.05, 3.63) is 30.1 Å². The lowest BCUT2D eigenvalue weighted by atomic mass is 10.3. The predicted octanol–water partition coefficient (Wildman–Crippen LogP) is 2.79. The number of aromatic nitrogens is 4. The van der Waals surface area contributed by atoms with Gasteiger partial charge in [0.25, 0.3) is 0 Å². The molecule has 0 aliphatic carbocycles. The fourth-order valence-corrected chi connectivity index (χ4v) is 2.84. The largest absolute Gasteiger partial charge is 0.494 e. The number of ether oxygens (including phenoxy) is 1. The molecule has 0 saturated heterocycles. The molecular formula is C14H15N5OS. The van der Waals surface area contributed by atoms with E-state index in [-0.39, 0.29) is 0 Å². The number of anilines is 1. The Balaban J connectivity index is 1.90. The van der Waals surface area contributed by atoms with Crippen molar-refractivity contribution >= 4 is 28.6 Å². The second-order valence-electron chi connectivity index (χ2n) is 4.43. The molecule has 2 aromatic heterocycles. The van der Waals surface area contributed by atoms with E-state index in [1.54, 1.807) is 6.07 Å². The van der Waals surface area contributed by atoms with Crippen LogP contribution in [0.25, 0.3) is 11.0 Å². The van der Waals surface area contributed by atoms with E-state index in [4.69, 9.17) is 10.5 Å². The third kappa shape index (κ3) is 3.08. The first-order valence-corrected chi connectivity index (χ1v) is 7.37. The van der Waals surface area contributed by atoms with Gasteiger partial charge in [-0.05, 0) is 37.7 Å². The Morgan fingerprint density at radius 3 is 2.86 bits per heavy atom. The summed E-state index contributed by atoms with van der Waals surface area (Å²) in [6, 6.07) is 7.51. The number of nitrogens with two attached hydrogens (primary N) is 1. The lowest BCUT2D eigenvalue weighted by molar-refractivity contribution is 0.340. The van der Waals surface area contributed by atoms with E-state index < -0.39 is 0 Å². The highest BCUT2D eigenvalue weighted by atomic mass is 32.2. The number of imidazole rings is 1. The molecule has 2 heterocycles. The van der Waals surface area contributed by atoms with Crippen LogP contribution in [0.2, 0.25) is 0 Å². The Bertz CT molecular complexity index is 766. The zero-order chi connectivity index (χ0) is 14.8. The van der Waals surface area contributed by atoms with E-state index in [1.165, 1.54) is 11.8 Å². The lowest BCUT2D eigenvalue weighted by Crippen LogP contribution is -1.96. The molecule has 0 fully saturated rings. The summed E-state index contributed by atoms with van der Waals surface area (Å²) < 4.78 is 5.48. The number of nitrogens with one attached hydrogen (secondary N) is 1. The average Bonchev–Trinajstić information content (AvgIpc) is 2.79. The maximum absolute atomic E-state index is 5.73. The molecule has 21 heavy (non-hydrogen) atoms. The van der Waals surface area contributed by atoms with Crippen LogP contribution in [0, 0.1) is 6.92 Å². The lowest BCUT2D eigenvalue weighted by Gasteiger charge is -2.01. The molecule has 0 amide bonds. The Hall–Kier alpha value is -2.28. The van der Waals surface area contributed by atoms with Crippen molar-refractivity contribution in [2.45, 2.75) is 24.0 Å². The molecule has 3 aromatic rings. The van der Waals surface area contributed by atoms with E-state index in [0.717, 1.165) is 27.0 Å². The van der Waals surface area contributed by atoms with E-state index in [0.29, 0.717) is 18.2 Å². The number of aryl methyl sites for hydroxylation is 1. The molecule has 3 N–H and O–H groups in total. The Morgan fingerprint density at radius 1 is 1.24 bits per heavy atom. The summed E-state index contributed by atoms with van der Waals surface area (Å²) >= 11 is 1.42. The van der Waals surface area contributed by atoms with Crippen LogP contribution in [0.15, 0.2) is 34.4 Å². The van der Waals surface area contributed by atoms with Crippen LogP contribution in [-0.2, 0) is 0 Å². The van der Waals surface area contributed by atoms with Crippen LogP contribution in [0.3, 0.4) is 0 Å². The molecule has 6 nitrogen and oxygen atoms in total. The number of hydrogen-bond acceptors (Lipinski definition) is 6. The van der Waals surface area contributed by atoms with Gasteiger partial charge in [-0.3, -0.25) is 0 Å². The summed E-state index contributed by atoms with van der Waals surface area (Å²) in [5.41, 5.74) is 7.55. The molecule has 3 rings (SSSR count). The topological polar surface area (TPSA) is 89.7 Å². The number of H-pyrrole nitrogens is 1. The minimum absolute atomic E-state index is 0.458. The Kier molecular flexibility index (Phi) is 3.66. The molecule has 0 spiro atoms. The van der Waals surface area contributed by atoms with Gasteiger partial charge in [-0.15, -0.1) is 0 Å². The quantitative estimate of drug-likeness (QED) is 0.720. The first-order valence-electron chi connectivity index (χ1n) is 6.55. The highest BCUT2D eigenvalue weighted by molar-refractivity contribution is 7.99. The van der Waals surface area contributed by atoms with Crippen LogP contribution in [0.1, 0.15) is 12.7 Å². The van der Waals surface area contributed by atoms with E-state index in [9.17, 15) is 0 Å². The molecule has 0 aliphatic heterocycles. The molecule has 108 valence electrons. The Labute approximate surface area is 126 Å².